The van der Waals surface area contributed by atoms with Gasteiger partial charge in [0.15, 0.2) is 11.6 Å². The van der Waals surface area contributed by atoms with E-state index in [2.05, 4.69) is 17.6 Å². The number of methoxy groups -OCH3 is 1. The van der Waals surface area contributed by atoms with Crippen molar-refractivity contribution in [2.45, 2.75) is 90.2 Å². The molecule has 5 rings (SSSR count). The summed E-state index contributed by atoms with van der Waals surface area (Å²) in [5.74, 6) is -1.61. The number of fused-ring (bicyclic) bond motifs is 2. The number of hydrogen-bond donors (Lipinski definition) is 3. The fourth-order valence-corrected chi connectivity index (χ4v) is 7.19. The predicted molar refractivity (Wildman–Crippen MR) is 142 cm³/mol. The van der Waals surface area contributed by atoms with Crippen LogP contribution in [-0.4, -0.2) is 48.7 Å². The number of rotatable bonds is 9. The molecule has 4 fully saturated rings. The lowest BCUT2D eigenvalue weighted by molar-refractivity contribution is -0.150. The molecule has 39 heavy (non-hydrogen) atoms. The second-order valence-corrected chi connectivity index (χ2v) is 12.9. The van der Waals surface area contributed by atoms with E-state index in [-0.39, 0.29) is 58.3 Å². The van der Waals surface area contributed by atoms with Gasteiger partial charge in [-0.25, -0.2) is 4.39 Å². The van der Waals surface area contributed by atoms with Crippen LogP contribution in [0.3, 0.4) is 0 Å². The number of carbonyl (C=O) groups excluding carboxylic acids is 2. The summed E-state index contributed by atoms with van der Waals surface area (Å²) in [5, 5.41) is 15.8. The van der Waals surface area contributed by atoms with Gasteiger partial charge >= 0.3 is 5.97 Å². The van der Waals surface area contributed by atoms with Gasteiger partial charge in [0, 0.05) is 18.7 Å². The number of carbonyl (C=O) groups is 3. The number of aliphatic carboxylic acids is 1. The average molecular weight is 545 g/mol. The normalized spacial score (nSPS) is 32.7. The Morgan fingerprint density at radius 2 is 1.72 bits per heavy atom. The molecule has 0 saturated heterocycles. The molecule has 0 radical (unpaired) electrons. The van der Waals surface area contributed by atoms with Gasteiger partial charge in [-0.05, 0) is 88.0 Å². The molecule has 0 unspecified atom stereocenters. The molecule has 1 aromatic rings. The second-order valence-electron chi connectivity index (χ2n) is 12.9. The number of ether oxygens (including phenoxy) is 2. The predicted octanol–water partition coefficient (Wildman–Crippen LogP) is 4.70. The molecule has 8 nitrogen and oxygen atoms in total. The van der Waals surface area contributed by atoms with Crippen LogP contribution < -0.4 is 20.1 Å². The molecule has 2 bridgehead atoms. The third kappa shape index (κ3) is 5.46. The number of halogens is 1. The van der Waals surface area contributed by atoms with Crippen molar-refractivity contribution in [2.24, 2.45) is 28.6 Å². The number of nitrogens with one attached hydrogen (secondary N) is 2. The Hall–Kier alpha value is -2.84. The molecule has 3 N–H and O–H groups in total. The van der Waals surface area contributed by atoms with Crippen LogP contribution in [0.15, 0.2) is 12.1 Å². The molecule has 4 aliphatic rings. The van der Waals surface area contributed by atoms with Crippen LogP contribution in [0.25, 0.3) is 0 Å². The van der Waals surface area contributed by atoms with Crippen LogP contribution in [-0.2, 0) is 9.59 Å². The highest BCUT2D eigenvalue weighted by atomic mass is 19.1. The van der Waals surface area contributed by atoms with E-state index in [1.807, 2.05) is 0 Å². The Balaban J connectivity index is 1.28. The van der Waals surface area contributed by atoms with Crippen LogP contribution in [0.5, 0.6) is 11.5 Å². The molecule has 0 aromatic heterocycles. The molecule has 1 aromatic carbocycles. The van der Waals surface area contributed by atoms with Gasteiger partial charge in [0.05, 0.1) is 30.1 Å². The first-order chi connectivity index (χ1) is 18.5. The van der Waals surface area contributed by atoms with Crippen LogP contribution in [0.2, 0.25) is 0 Å². The van der Waals surface area contributed by atoms with Gasteiger partial charge in [-0.2, -0.15) is 0 Å². The van der Waals surface area contributed by atoms with Crippen LogP contribution >= 0.6 is 0 Å². The molecule has 0 aliphatic heterocycles. The monoisotopic (exact) mass is 544 g/mol. The van der Waals surface area contributed by atoms with E-state index in [1.165, 1.54) is 19.6 Å². The van der Waals surface area contributed by atoms with E-state index in [4.69, 9.17) is 9.47 Å². The lowest BCUT2D eigenvalue weighted by Gasteiger charge is -2.39. The highest BCUT2D eigenvalue weighted by Crippen LogP contribution is 2.49. The molecule has 4 saturated carbocycles. The standard InChI is InChI=1S/C30H41FN2O6/c1-29(9-4-10-29)16-32-27(35)24-17-5-6-18(13-17)25(24)33-26(34)20-14-23(21(31)15-22(20)38-3)39-19-7-11-30(2,12-8-19)28(36)37/h14-15,17-19,24-25H,4-13,16H2,1-3H3,(H,32,35)(H,33,34)(H,36,37)/t17-,18+,19-,24-,25+,30+/m0/s1. The minimum atomic E-state index is -0.833. The third-order valence-corrected chi connectivity index (χ3v) is 10.1. The first-order valence-corrected chi connectivity index (χ1v) is 14.4. The highest BCUT2D eigenvalue weighted by molar-refractivity contribution is 5.98. The van der Waals surface area contributed by atoms with Gasteiger partial charge < -0.3 is 25.2 Å². The number of amides is 2. The van der Waals surface area contributed by atoms with Crippen molar-refractivity contribution in [3.63, 3.8) is 0 Å². The zero-order valence-electron chi connectivity index (χ0n) is 23.2. The van der Waals surface area contributed by atoms with Crippen LogP contribution in [0.4, 0.5) is 4.39 Å². The minimum Gasteiger partial charge on any atom is -0.496 e. The Labute approximate surface area is 229 Å². The van der Waals surface area contributed by atoms with Crippen molar-refractivity contribution in [2.75, 3.05) is 13.7 Å². The molecule has 2 amide bonds. The fourth-order valence-electron chi connectivity index (χ4n) is 7.19. The maximum atomic E-state index is 14.9. The van der Waals surface area contributed by atoms with Gasteiger partial charge in [-0.1, -0.05) is 13.3 Å². The first-order valence-electron chi connectivity index (χ1n) is 14.4. The highest BCUT2D eigenvalue weighted by Gasteiger charge is 2.51. The molecule has 4 atom stereocenters. The zero-order valence-corrected chi connectivity index (χ0v) is 23.2. The summed E-state index contributed by atoms with van der Waals surface area (Å²) >= 11 is 0. The Morgan fingerprint density at radius 3 is 2.33 bits per heavy atom. The van der Waals surface area contributed by atoms with E-state index in [1.54, 1.807) is 6.92 Å². The van der Waals surface area contributed by atoms with Crippen LogP contribution in [0.1, 0.15) is 88.4 Å². The maximum absolute atomic E-state index is 14.9. The SMILES string of the molecule is COc1cc(F)c(O[C@H]2CC[C@@](C)(C(=O)O)CC2)cc1C(=O)N[C@@H]1[C@@H]2CC[C@@H](C2)[C@@H]1C(=O)NCC1(C)CCC1. The lowest BCUT2D eigenvalue weighted by Crippen LogP contribution is -2.51. The quantitative estimate of drug-likeness (QED) is 0.415. The first kappa shape index (κ1) is 27.7. The van der Waals surface area contributed by atoms with Crippen molar-refractivity contribution in [3.05, 3.63) is 23.5 Å². The summed E-state index contributed by atoms with van der Waals surface area (Å²) in [7, 11) is 1.38. The summed E-state index contributed by atoms with van der Waals surface area (Å²) in [6, 6.07) is 2.24. The van der Waals surface area contributed by atoms with Crippen molar-refractivity contribution >= 4 is 17.8 Å². The molecule has 9 heteroatoms. The number of benzene rings is 1. The molecular weight excluding hydrogens is 503 g/mol. The molecule has 214 valence electrons. The smallest absolute Gasteiger partial charge is 0.309 e. The van der Waals surface area contributed by atoms with E-state index >= 15 is 0 Å². The molecule has 0 heterocycles. The average Bonchev–Trinajstić information content (AvgIpc) is 3.50. The van der Waals surface area contributed by atoms with Crippen molar-refractivity contribution in [3.8, 4) is 11.5 Å². The van der Waals surface area contributed by atoms with Gasteiger partial charge in [-0.3, -0.25) is 14.4 Å². The van der Waals surface area contributed by atoms with E-state index < -0.39 is 23.1 Å². The molecule has 0 spiro atoms. The van der Waals surface area contributed by atoms with E-state index in [9.17, 15) is 23.9 Å². The second kappa shape index (κ2) is 10.6. The van der Waals surface area contributed by atoms with Crippen LogP contribution in [0, 0.1) is 34.4 Å². The number of hydrogen-bond acceptors (Lipinski definition) is 5. The fraction of sp³-hybridized carbons (Fsp3) is 0.700. The topological polar surface area (TPSA) is 114 Å². The van der Waals surface area contributed by atoms with E-state index in [0.29, 0.717) is 32.2 Å². The summed E-state index contributed by atoms with van der Waals surface area (Å²) in [6.45, 7) is 4.59. The lowest BCUT2D eigenvalue weighted by atomic mass is 9.70. The molecular formula is C30H41FN2O6. The minimum absolute atomic E-state index is 0.0152. The Morgan fingerprint density at radius 1 is 1.03 bits per heavy atom. The molecule has 4 aliphatic carbocycles. The maximum Gasteiger partial charge on any atom is 0.309 e. The zero-order chi connectivity index (χ0) is 27.9. The van der Waals surface area contributed by atoms with Crippen molar-refractivity contribution in [1.82, 2.24) is 10.6 Å². The van der Waals surface area contributed by atoms with Gasteiger partial charge in [0.2, 0.25) is 5.91 Å². The summed E-state index contributed by atoms with van der Waals surface area (Å²) < 4.78 is 26.2. The largest absolute Gasteiger partial charge is 0.496 e. The van der Waals surface area contributed by atoms with Crippen molar-refractivity contribution < 1.29 is 33.4 Å². The number of carboxylic acids is 1. The van der Waals surface area contributed by atoms with Gasteiger partial charge in [-0.15, -0.1) is 0 Å². The van der Waals surface area contributed by atoms with Crippen molar-refractivity contribution in [1.29, 1.82) is 0 Å². The third-order valence-electron chi connectivity index (χ3n) is 10.1. The van der Waals surface area contributed by atoms with Gasteiger partial charge in [0.1, 0.15) is 5.75 Å². The summed E-state index contributed by atoms with van der Waals surface area (Å²) in [4.78, 5) is 38.4. The Bertz CT molecular complexity index is 1130. The van der Waals surface area contributed by atoms with Gasteiger partial charge in [0.25, 0.3) is 5.91 Å². The number of carboxylic acid groups (broad SMARTS) is 1. The summed E-state index contributed by atoms with van der Waals surface area (Å²) in [6.07, 6.45) is 7.84. The Kier molecular flexibility index (Phi) is 7.55. The van der Waals surface area contributed by atoms with E-state index in [0.717, 1.165) is 38.2 Å². The summed E-state index contributed by atoms with van der Waals surface area (Å²) in [5.41, 5.74) is -0.472.